The number of nitrogens with zero attached hydrogens (tertiary/aromatic N) is 3. The monoisotopic (exact) mass is 528 g/mol. The first-order valence-electron chi connectivity index (χ1n) is 11.5. The Morgan fingerprint density at radius 3 is 2.67 bits per heavy atom. The molecule has 1 fully saturated rings. The molecule has 196 valence electrons. The number of furan rings is 1. The number of amides is 1. The number of carbonyl (C=O) groups excluding carboxylic acids is 1. The first-order valence-corrected chi connectivity index (χ1v) is 12.7. The maximum atomic E-state index is 14.6. The fourth-order valence-corrected chi connectivity index (χ4v) is 4.26. The zero-order valence-electron chi connectivity index (χ0n) is 20.2. The molecule has 0 bridgehead atoms. The summed E-state index contributed by atoms with van der Waals surface area (Å²) in [6.45, 7) is 3.19. The Bertz CT molecular complexity index is 1160. The highest BCUT2D eigenvalue weighted by molar-refractivity contribution is 7.97. The van der Waals surface area contributed by atoms with Gasteiger partial charge in [0, 0.05) is 36.2 Å². The van der Waals surface area contributed by atoms with Gasteiger partial charge in [0.15, 0.2) is 17.2 Å². The van der Waals surface area contributed by atoms with Crippen LogP contribution in [-0.2, 0) is 16.1 Å². The molecule has 1 N–H and O–H groups in total. The van der Waals surface area contributed by atoms with Crippen LogP contribution in [0.2, 0.25) is 0 Å². The van der Waals surface area contributed by atoms with Gasteiger partial charge < -0.3 is 18.8 Å². The van der Waals surface area contributed by atoms with Gasteiger partial charge in [-0.2, -0.15) is 13.2 Å². The Hall–Kier alpha value is -2.86. The van der Waals surface area contributed by atoms with Crippen LogP contribution in [0, 0.1) is 11.7 Å². The molecule has 1 saturated heterocycles. The van der Waals surface area contributed by atoms with Crippen LogP contribution in [0.25, 0.3) is 22.2 Å². The van der Waals surface area contributed by atoms with Crippen molar-refractivity contribution in [3.8, 4) is 11.3 Å². The summed E-state index contributed by atoms with van der Waals surface area (Å²) in [4.78, 5) is 23.0. The highest BCUT2D eigenvalue weighted by Crippen LogP contribution is 2.34. The Morgan fingerprint density at radius 2 is 2.00 bits per heavy atom. The van der Waals surface area contributed by atoms with Crippen LogP contribution in [0.4, 0.5) is 23.4 Å². The quantitative estimate of drug-likeness (QED) is 0.309. The molecule has 4 rings (SSSR count). The molecule has 1 amide bonds. The van der Waals surface area contributed by atoms with Crippen molar-refractivity contribution in [3.63, 3.8) is 0 Å². The number of carbonyl (C=O) groups is 1. The van der Waals surface area contributed by atoms with Gasteiger partial charge in [0.2, 0.25) is 5.91 Å². The third kappa shape index (κ3) is 6.88. The van der Waals surface area contributed by atoms with Gasteiger partial charge in [0.25, 0.3) is 0 Å². The third-order valence-corrected chi connectivity index (χ3v) is 5.87. The molecule has 0 aliphatic carbocycles. The minimum atomic E-state index is -4.45. The van der Waals surface area contributed by atoms with Gasteiger partial charge in [0.05, 0.1) is 24.8 Å². The van der Waals surface area contributed by atoms with Crippen LogP contribution in [0.15, 0.2) is 35.1 Å². The molecule has 3 heterocycles. The van der Waals surface area contributed by atoms with Crippen LogP contribution in [0.1, 0.15) is 32.4 Å². The molecule has 0 unspecified atom stereocenters. The fourth-order valence-electron chi connectivity index (χ4n) is 3.89. The highest BCUT2D eigenvalue weighted by Gasteiger charge is 2.29. The molecular weight excluding hydrogens is 500 g/mol. The summed E-state index contributed by atoms with van der Waals surface area (Å²) in [5.74, 6) is -0.354. The van der Waals surface area contributed by atoms with Gasteiger partial charge >= 0.3 is 6.18 Å². The minimum absolute atomic E-state index is 0.0414. The van der Waals surface area contributed by atoms with Crippen molar-refractivity contribution in [1.82, 2.24) is 14.7 Å². The normalized spacial score (nSPS) is 14.5. The topological polar surface area (TPSA) is 80.5 Å². The fraction of sp³-hybridized carbons (Fsp3) is 0.458. The number of piperidine rings is 1. The van der Waals surface area contributed by atoms with E-state index in [2.05, 4.69) is 14.7 Å². The summed E-state index contributed by atoms with van der Waals surface area (Å²) in [5, 5.41) is 0.549. The second kappa shape index (κ2) is 12.4. The Kier molecular flexibility index (Phi) is 9.55. The van der Waals surface area contributed by atoms with Gasteiger partial charge in [-0.25, -0.2) is 9.37 Å². The van der Waals surface area contributed by atoms with E-state index in [4.69, 9.17) is 9.15 Å². The van der Waals surface area contributed by atoms with Crippen molar-refractivity contribution < 1.29 is 31.5 Å². The summed E-state index contributed by atoms with van der Waals surface area (Å²) in [5.41, 5.74) is 1.18. The number of benzene rings is 1. The van der Waals surface area contributed by atoms with E-state index in [9.17, 15) is 22.4 Å². The van der Waals surface area contributed by atoms with Crippen molar-refractivity contribution in [2.45, 2.75) is 39.5 Å². The summed E-state index contributed by atoms with van der Waals surface area (Å²) < 4.78 is 64.6. The number of ether oxygens (including phenoxy) is 1. The average molecular weight is 529 g/mol. The van der Waals surface area contributed by atoms with E-state index >= 15 is 0 Å². The second-order valence-electron chi connectivity index (χ2n) is 7.87. The van der Waals surface area contributed by atoms with Gasteiger partial charge in [-0.3, -0.25) is 9.78 Å². The lowest BCUT2D eigenvalue weighted by molar-refractivity contribution is -0.176. The number of rotatable bonds is 7. The lowest BCUT2D eigenvalue weighted by Gasteiger charge is -2.33. The van der Waals surface area contributed by atoms with Crippen molar-refractivity contribution in [3.05, 3.63) is 42.2 Å². The van der Waals surface area contributed by atoms with Crippen LogP contribution in [-0.4, -0.2) is 48.0 Å². The zero-order valence-corrected chi connectivity index (χ0v) is 21.0. The van der Waals surface area contributed by atoms with E-state index in [0.29, 0.717) is 48.4 Å². The first kappa shape index (κ1) is 27.7. The molecule has 12 heteroatoms. The minimum Gasteiger partial charge on any atom is -0.461 e. The number of hydrogen-bond acceptors (Lipinski definition) is 7. The summed E-state index contributed by atoms with van der Waals surface area (Å²) in [6.07, 6.45) is 1.17. The molecule has 3 aromatic rings. The Morgan fingerprint density at radius 1 is 1.28 bits per heavy atom. The van der Waals surface area contributed by atoms with Gasteiger partial charge in [-0.05, 0) is 31.0 Å². The molecule has 1 aromatic carbocycles. The molecular formula is C24H28F4N4O3S. The lowest BCUT2D eigenvalue weighted by Crippen LogP contribution is -2.39. The maximum absolute atomic E-state index is 14.6. The number of nitrogens with one attached hydrogen (secondary N) is 1. The van der Waals surface area contributed by atoms with Crippen molar-refractivity contribution in [1.29, 1.82) is 0 Å². The van der Waals surface area contributed by atoms with E-state index in [1.807, 2.05) is 18.7 Å². The molecule has 1 aliphatic rings. The number of alkyl halides is 3. The SMILES string of the molecule is CC.CSNC(=O)C1CCN(c2nc(COCC(F)(F)F)cnc2-c2cc(F)c3occc3c2)CC1. The van der Waals surface area contributed by atoms with Crippen LogP contribution in [0.3, 0.4) is 0 Å². The number of halogens is 4. The standard InChI is InChI=1S/C22H22F4N4O3S.C2H6/c1-34-29-21(31)13-2-5-30(6-3-13)20-18(15-8-14-4-7-33-19(14)17(23)9-15)27-10-16(28-20)11-32-12-22(24,25)26;1-2/h4,7-10,13H,2-3,5-6,11-12H2,1H3,(H,29,31);1-2H3. The van der Waals surface area contributed by atoms with Crippen LogP contribution in [0.5, 0.6) is 0 Å². The van der Waals surface area contributed by atoms with Gasteiger partial charge in [-0.15, -0.1) is 0 Å². The molecule has 0 saturated carbocycles. The summed E-state index contributed by atoms with van der Waals surface area (Å²) in [6, 6.07) is 4.63. The predicted molar refractivity (Wildman–Crippen MR) is 131 cm³/mol. The van der Waals surface area contributed by atoms with E-state index in [1.54, 1.807) is 18.4 Å². The van der Waals surface area contributed by atoms with Crippen molar-refractivity contribution >= 4 is 34.6 Å². The van der Waals surface area contributed by atoms with Gasteiger partial charge in [-0.1, -0.05) is 25.8 Å². The highest BCUT2D eigenvalue weighted by atomic mass is 32.2. The number of hydrogen-bond donors (Lipinski definition) is 1. The maximum Gasteiger partial charge on any atom is 0.411 e. The molecule has 2 aromatic heterocycles. The third-order valence-electron chi connectivity index (χ3n) is 5.47. The smallest absolute Gasteiger partial charge is 0.411 e. The largest absolute Gasteiger partial charge is 0.461 e. The Balaban J connectivity index is 0.00000176. The molecule has 0 atom stereocenters. The van der Waals surface area contributed by atoms with Gasteiger partial charge in [0.1, 0.15) is 12.3 Å². The van der Waals surface area contributed by atoms with Crippen molar-refractivity contribution in [2.24, 2.45) is 5.92 Å². The summed E-state index contributed by atoms with van der Waals surface area (Å²) in [7, 11) is 0. The average Bonchev–Trinajstić information content (AvgIpc) is 3.34. The number of aromatic nitrogens is 2. The van der Waals surface area contributed by atoms with Crippen LogP contribution >= 0.6 is 11.9 Å². The molecule has 1 aliphatic heterocycles. The van der Waals surface area contributed by atoms with E-state index in [-0.39, 0.29) is 29.7 Å². The number of anilines is 1. The predicted octanol–water partition coefficient (Wildman–Crippen LogP) is 5.74. The van der Waals surface area contributed by atoms with E-state index in [1.165, 1.54) is 30.5 Å². The number of fused-ring (bicyclic) bond motifs is 1. The second-order valence-corrected chi connectivity index (χ2v) is 8.48. The van der Waals surface area contributed by atoms with E-state index in [0.717, 1.165) is 0 Å². The lowest BCUT2D eigenvalue weighted by atomic mass is 9.96. The summed E-state index contributed by atoms with van der Waals surface area (Å²) >= 11 is 1.24. The molecule has 36 heavy (non-hydrogen) atoms. The molecule has 7 nitrogen and oxygen atoms in total. The first-order chi connectivity index (χ1) is 17.2. The molecule has 0 spiro atoms. The molecule has 0 radical (unpaired) electrons. The van der Waals surface area contributed by atoms with Crippen molar-refractivity contribution in [2.75, 3.05) is 30.9 Å². The van der Waals surface area contributed by atoms with Crippen LogP contribution < -0.4 is 9.62 Å². The zero-order chi connectivity index (χ0) is 26.3. The Labute approximate surface area is 210 Å². The van der Waals surface area contributed by atoms with E-state index < -0.39 is 18.6 Å².